The fourth-order valence-corrected chi connectivity index (χ4v) is 6.63. The second-order valence-electron chi connectivity index (χ2n) is 11.5. The summed E-state index contributed by atoms with van der Waals surface area (Å²) in [6, 6.07) is 23.7. The summed E-state index contributed by atoms with van der Waals surface area (Å²) in [4.78, 5) is 26.3. The van der Waals surface area contributed by atoms with Gasteiger partial charge in [-0.2, -0.15) is 5.10 Å². The van der Waals surface area contributed by atoms with Crippen LogP contribution < -0.4 is 4.74 Å². The summed E-state index contributed by atoms with van der Waals surface area (Å²) in [5.74, 6) is -0.410. The van der Waals surface area contributed by atoms with Crippen LogP contribution in [0.15, 0.2) is 90.0 Å². The number of carboxylic acid groups (broad SMARTS) is 1. The monoisotopic (exact) mass is 671 g/mol. The van der Waals surface area contributed by atoms with E-state index in [4.69, 9.17) is 27.2 Å². The first kappa shape index (κ1) is 34.1. The summed E-state index contributed by atoms with van der Waals surface area (Å²) in [6.07, 6.45) is 12.0. The third kappa shape index (κ3) is 9.86. The van der Waals surface area contributed by atoms with Gasteiger partial charge in [0.25, 0.3) is 5.91 Å². The second-order valence-corrected chi connectivity index (χ2v) is 13.1. The highest BCUT2D eigenvalue weighted by molar-refractivity contribution is 8.26. The molecule has 4 aromatic rings. The predicted octanol–water partition coefficient (Wildman–Crippen LogP) is 9.05. The Morgan fingerprint density at radius 2 is 1.55 bits per heavy atom. The topological polar surface area (TPSA) is 84.7 Å². The zero-order valence-electron chi connectivity index (χ0n) is 26.1. The van der Waals surface area contributed by atoms with Crippen molar-refractivity contribution in [3.8, 4) is 22.7 Å². The Bertz CT molecular complexity index is 1690. The molecule has 1 aliphatic rings. The van der Waals surface area contributed by atoms with Gasteiger partial charge in [0.2, 0.25) is 0 Å². The number of nitrogens with zero attached hydrogens (tertiary/aromatic N) is 3. The number of carbonyl (C=O) groups is 2. The Morgan fingerprint density at radius 3 is 2.23 bits per heavy atom. The van der Waals surface area contributed by atoms with Gasteiger partial charge in [-0.05, 0) is 73.0 Å². The average Bonchev–Trinajstić information content (AvgIpc) is 3.62. The van der Waals surface area contributed by atoms with Crippen molar-refractivity contribution < 1.29 is 23.8 Å². The Kier molecular flexibility index (Phi) is 12.3. The molecule has 0 spiro atoms. The van der Waals surface area contributed by atoms with Crippen molar-refractivity contribution in [1.29, 1.82) is 0 Å². The number of hydrogen-bond donors (Lipinski definition) is 1. The zero-order valence-corrected chi connectivity index (χ0v) is 27.8. The first-order chi connectivity index (χ1) is 22.9. The van der Waals surface area contributed by atoms with E-state index in [2.05, 4.69) is 0 Å². The molecule has 0 saturated carbocycles. The molecule has 1 aromatic heterocycles. The van der Waals surface area contributed by atoms with Gasteiger partial charge in [-0.15, -0.1) is 0 Å². The van der Waals surface area contributed by atoms with E-state index in [1.807, 2.05) is 71.6 Å². The first-order valence-electron chi connectivity index (χ1n) is 16.0. The lowest BCUT2D eigenvalue weighted by atomic mass is 10.1. The van der Waals surface area contributed by atoms with Gasteiger partial charge in [0, 0.05) is 30.3 Å². The van der Waals surface area contributed by atoms with Gasteiger partial charge in [-0.1, -0.05) is 92.8 Å². The van der Waals surface area contributed by atoms with Crippen LogP contribution in [0, 0.1) is 5.82 Å². The molecule has 10 heteroatoms. The van der Waals surface area contributed by atoms with E-state index >= 15 is 0 Å². The maximum Gasteiger partial charge on any atom is 0.303 e. The molecule has 1 amide bonds. The number of thioether (sulfide) groups is 1. The van der Waals surface area contributed by atoms with Gasteiger partial charge in [0.1, 0.15) is 22.5 Å². The molecule has 1 N–H and O–H groups in total. The van der Waals surface area contributed by atoms with Crippen LogP contribution in [0.25, 0.3) is 23.0 Å². The van der Waals surface area contributed by atoms with Crippen LogP contribution in [0.3, 0.4) is 0 Å². The van der Waals surface area contributed by atoms with Gasteiger partial charge in [0.05, 0.1) is 16.3 Å². The summed E-state index contributed by atoms with van der Waals surface area (Å²) in [5, 5.41) is 13.6. The molecule has 0 bridgehead atoms. The molecule has 0 radical (unpaired) electrons. The van der Waals surface area contributed by atoms with Gasteiger partial charge in [0.15, 0.2) is 0 Å². The first-order valence-corrected chi connectivity index (χ1v) is 17.2. The Balaban J connectivity index is 1.22. The molecule has 1 aliphatic heterocycles. The maximum absolute atomic E-state index is 13.5. The van der Waals surface area contributed by atoms with Crippen molar-refractivity contribution in [3.63, 3.8) is 0 Å². The molecular weight excluding hydrogens is 634 g/mol. The number of amides is 1. The number of hydrogen-bond acceptors (Lipinski definition) is 6. The quantitative estimate of drug-likeness (QED) is 0.0681. The lowest BCUT2D eigenvalue weighted by molar-refractivity contribution is -0.137. The third-order valence-electron chi connectivity index (χ3n) is 7.89. The van der Waals surface area contributed by atoms with Gasteiger partial charge in [-0.3, -0.25) is 14.5 Å². The summed E-state index contributed by atoms with van der Waals surface area (Å²) in [7, 11) is 0. The van der Waals surface area contributed by atoms with Crippen molar-refractivity contribution >= 4 is 46.3 Å². The fraction of sp³-hybridized carbons (Fsp3) is 0.297. The Hall–Kier alpha value is -4.28. The van der Waals surface area contributed by atoms with Crippen LogP contribution in [-0.4, -0.2) is 42.5 Å². The summed E-state index contributed by atoms with van der Waals surface area (Å²) in [5.41, 5.74) is 4.18. The Morgan fingerprint density at radius 1 is 0.894 bits per heavy atom. The summed E-state index contributed by atoms with van der Waals surface area (Å²) in [6.45, 7) is 0.918. The van der Waals surface area contributed by atoms with E-state index < -0.39 is 5.97 Å². The smallest absolute Gasteiger partial charge is 0.303 e. The number of ether oxygens (including phenoxy) is 1. The van der Waals surface area contributed by atoms with E-state index in [0.29, 0.717) is 28.1 Å². The van der Waals surface area contributed by atoms with Crippen LogP contribution >= 0.6 is 24.0 Å². The molecule has 0 aliphatic carbocycles. The van der Waals surface area contributed by atoms with Crippen LogP contribution in [0.1, 0.15) is 68.9 Å². The minimum absolute atomic E-state index is 0.0821. The molecule has 244 valence electrons. The van der Waals surface area contributed by atoms with Crippen LogP contribution in [0.2, 0.25) is 0 Å². The molecule has 47 heavy (non-hydrogen) atoms. The molecule has 2 heterocycles. The Labute approximate surface area is 284 Å². The number of unbranched alkanes of at least 4 members (excludes halogenated alkanes) is 7. The van der Waals surface area contributed by atoms with Gasteiger partial charge in [-0.25, -0.2) is 9.07 Å². The highest BCUT2D eigenvalue weighted by Crippen LogP contribution is 2.35. The lowest BCUT2D eigenvalue weighted by Crippen LogP contribution is -2.29. The third-order valence-corrected chi connectivity index (χ3v) is 9.27. The molecular formula is C37H38FN3O4S2. The van der Waals surface area contributed by atoms with E-state index in [0.717, 1.165) is 79.4 Å². The molecule has 0 unspecified atom stereocenters. The number of para-hydroxylation sites is 1. The second kappa shape index (κ2) is 17.0. The molecule has 5 rings (SSSR count). The predicted molar refractivity (Wildman–Crippen MR) is 189 cm³/mol. The van der Waals surface area contributed by atoms with E-state index in [9.17, 15) is 14.0 Å². The maximum atomic E-state index is 13.5. The molecule has 1 fully saturated rings. The highest BCUT2D eigenvalue weighted by atomic mass is 32.2. The number of thiocarbonyl (C=S) groups is 1. The minimum atomic E-state index is -0.726. The van der Waals surface area contributed by atoms with Crippen molar-refractivity contribution in [3.05, 3.63) is 107 Å². The molecule has 1 saturated heterocycles. The summed E-state index contributed by atoms with van der Waals surface area (Å²) >= 11 is 6.93. The number of rotatable bonds is 17. The number of carboxylic acids is 1. The van der Waals surface area contributed by atoms with Crippen molar-refractivity contribution in [2.24, 2.45) is 0 Å². The summed E-state index contributed by atoms with van der Waals surface area (Å²) < 4.78 is 21.5. The van der Waals surface area contributed by atoms with Crippen molar-refractivity contribution in [2.45, 2.75) is 64.4 Å². The standard InChI is InChI=1S/C37H38FN3O4S2/c38-30-19-15-27(16-20-30)26-45-32-21-17-28(18-22-32)35-29(25-41(39-35)31-12-8-7-9-13-31)24-33-36(44)40(37(46)47-33)23-11-6-4-2-1-3-5-10-14-34(42)43/h7-9,12-13,15-22,24-25H,1-6,10-11,14,23,26H2,(H,42,43)/b33-24-. The number of aliphatic carboxylic acids is 1. The number of halogens is 1. The van der Waals surface area contributed by atoms with Crippen molar-refractivity contribution in [2.75, 3.05) is 6.54 Å². The lowest BCUT2D eigenvalue weighted by Gasteiger charge is -2.14. The number of aromatic nitrogens is 2. The van der Waals surface area contributed by atoms with E-state index in [1.54, 1.807) is 17.0 Å². The highest BCUT2D eigenvalue weighted by Gasteiger charge is 2.32. The van der Waals surface area contributed by atoms with Gasteiger partial charge < -0.3 is 9.84 Å². The fourth-order valence-electron chi connectivity index (χ4n) is 5.33. The number of carbonyl (C=O) groups excluding carboxylic acids is 1. The molecule has 7 nitrogen and oxygen atoms in total. The van der Waals surface area contributed by atoms with Gasteiger partial charge >= 0.3 is 5.97 Å². The SMILES string of the molecule is O=C(O)CCCCCCCCCCN1C(=O)/C(=C/c2cn(-c3ccccc3)nc2-c2ccc(OCc3ccc(F)cc3)cc2)SC1=S. The largest absolute Gasteiger partial charge is 0.489 e. The molecule has 3 aromatic carbocycles. The van der Waals surface area contributed by atoms with E-state index in [-0.39, 0.29) is 18.1 Å². The average molecular weight is 672 g/mol. The van der Waals surface area contributed by atoms with Crippen LogP contribution in [0.5, 0.6) is 5.75 Å². The van der Waals surface area contributed by atoms with Crippen LogP contribution in [0.4, 0.5) is 4.39 Å². The number of benzene rings is 3. The van der Waals surface area contributed by atoms with E-state index in [1.165, 1.54) is 23.9 Å². The normalized spacial score (nSPS) is 13.9. The van der Waals surface area contributed by atoms with Crippen molar-refractivity contribution in [1.82, 2.24) is 14.7 Å². The zero-order chi connectivity index (χ0) is 33.0. The molecule has 0 atom stereocenters. The minimum Gasteiger partial charge on any atom is -0.489 e. The van der Waals surface area contributed by atoms with Crippen LogP contribution in [-0.2, 0) is 16.2 Å².